The van der Waals surface area contributed by atoms with Crippen LogP contribution in [-0.2, 0) is 4.79 Å². The Labute approximate surface area is 132 Å². The summed E-state index contributed by atoms with van der Waals surface area (Å²) in [4.78, 5) is 14.4. The number of amides is 1. The highest BCUT2D eigenvalue weighted by Gasteiger charge is 2.26. The van der Waals surface area contributed by atoms with Crippen LogP contribution in [-0.4, -0.2) is 49.7 Å². The van der Waals surface area contributed by atoms with Crippen molar-refractivity contribution in [2.45, 2.75) is 32.7 Å². The number of hydrogen-bond donors (Lipinski definition) is 1. The molecule has 1 unspecified atom stereocenters. The number of carbonyl (C=O) groups excluding carboxylic acids is 1. The van der Waals surface area contributed by atoms with Gasteiger partial charge in [0.15, 0.2) is 18.1 Å². The summed E-state index contributed by atoms with van der Waals surface area (Å²) in [6.07, 6.45) is 1.97. The number of rotatable bonds is 8. The molecular formula is C17H26N2O3. The van der Waals surface area contributed by atoms with Gasteiger partial charge in [0, 0.05) is 19.1 Å². The highest BCUT2D eigenvalue weighted by atomic mass is 16.5. The van der Waals surface area contributed by atoms with E-state index in [0.29, 0.717) is 18.1 Å². The number of nitrogens with zero attached hydrogens (tertiary/aromatic N) is 1. The van der Waals surface area contributed by atoms with Gasteiger partial charge in [0.2, 0.25) is 0 Å². The smallest absolute Gasteiger partial charge is 0.260 e. The molecule has 5 nitrogen and oxygen atoms in total. The van der Waals surface area contributed by atoms with Crippen molar-refractivity contribution in [3.05, 3.63) is 24.3 Å². The second-order valence-corrected chi connectivity index (χ2v) is 5.40. The van der Waals surface area contributed by atoms with Crippen molar-refractivity contribution in [3.63, 3.8) is 0 Å². The predicted octanol–water partition coefficient (Wildman–Crippen LogP) is 2.06. The van der Waals surface area contributed by atoms with Gasteiger partial charge in [0.25, 0.3) is 5.91 Å². The van der Waals surface area contributed by atoms with E-state index in [4.69, 9.17) is 9.47 Å². The van der Waals surface area contributed by atoms with Crippen LogP contribution in [0.1, 0.15) is 26.7 Å². The lowest BCUT2D eigenvalue weighted by Crippen LogP contribution is -2.44. The third-order valence-corrected chi connectivity index (χ3v) is 3.76. The quantitative estimate of drug-likeness (QED) is 0.799. The summed E-state index contributed by atoms with van der Waals surface area (Å²) in [5.41, 5.74) is 0. The summed E-state index contributed by atoms with van der Waals surface area (Å²) in [5.74, 6) is 1.35. The highest BCUT2D eigenvalue weighted by Crippen LogP contribution is 2.26. The molecule has 1 aromatic rings. The predicted molar refractivity (Wildman–Crippen MR) is 86.4 cm³/mol. The van der Waals surface area contributed by atoms with Gasteiger partial charge in [0.1, 0.15) is 0 Å². The molecular weight excluding hydrogens is 280 g/mol. The summed E-state index contributed by atoms with van der Waals surface area (Å²) in [6.45, 7) is 7.28. The van der Waals surface area contributed by atoms with Gasteiger partial charge in [-0.1, -0.05) is 19.1 Å². The van der Waals surface area contributed by atoms with Crippen molar-refractivity contribution >= 4 is 5.91 Å². The van der Waals surface area contributed by atoms with E-state index >= 15 is 0 Å². The Morgan fingerprint density at radius 2 is 2.00 bits per heavy atom. The molecule has 1 aliphatic heterocycles. The Morgan fingerprint density at radius 3 is 2.59 bits per heavy atom. The minimum Gasteiger partial charge on any atom is -0.490 e. The second kappa shape index (κ2) is 8.63. The van der Waals surface area contributed by atoms with Gasteiger partial charge in [-0.25, -0.2) is 0 Å². The van der Waals surface area contributed by atoms with Crippen LogP contribution in [0.15, 0.2) is 24.3 Å². The zero-order valence-corrected chi connectivity index (χ0v) is 13.5. The molecule has 0 radical (unpaired) electrons. The number of ether oxygens (including phenoxy) is 2. The van der Waals surface area contributed by atoms with Crippen molar-refractivity contribution in [1.29, 1.82) is 0 Å². The molecule has 0 saturated carbocycles. The van der Waals surface area contributed by atoms with E-state index in [1.54, 1.807) is 0 Å². The molecule has 22 heavy (non-hydrogen) atoms. The topological polar surface area (TPSA) is 50.8 Å². The van der Waals surface area contributed by atoms with Crippen LogP contribution >= 0.6 is 0 Å². The highest BCUT2D eigenvalue weighted by molar-refractivity contribution is 5.78. The van der Waals surface area contributed by atoms with Gasteiger partial charge in [0.05, 0.1) is 6.61 Å². The lowest BCUT2D eigenvalue weighted by atomic mass is 10.2. The molecule has 1 atom stereocenters. The lowest BCUT2D eigenvalue weighted by molar-refractivity contribution is -0.135. The van der Waals surface area contributed by atoms with Crippen molar-refractivity contribution in [2.24, 2.45) is 0 Å². The average molecular weight is 306 g/mol. The van der Waals surface area contributed by atoms with Crippen LogP contribution in [0.25, 0.3) is 0 Å². The first-order valence-electron chi connectivity index (χ1n) is 8.11. The van der Waals surface area contributed by atoms with Crippen LogP contribution in [0.3, 0.4) is 0 Å². The molecule has 1 amide bonds. The molecule has 1 saturated heterocycles. The molecule has 1 N–H and O–H groups in total. The first-order chi connectivity index (χ1) is 10.8. The van der Waals surface area contributed by atoms with Gasteiger partial charge in [-0.15, -0.1) is 0 Å². The summed E-state index contributed by atoms with van der Waals surface area (Å²) >= 11 is 0. The normalized spacial score (nSPS) is 17.3. The Balaban J connectivity index is 1.95. The van der Waals surface area contributed by atoms with Crippen molar-refractivity contribution in [1.82, 2.24) is 10.2 Å². The third kappa shape index (κ3) is 4.37. The summed E-state index contributed by atoms with van der Waals surface area (Å²) in [6, 6.07) is 7.76. The fraction of sp³-hybridized carbons (Fsp3) is 0.588. The molecule has 2 rings (SSSR count). The van der Waals surface area contributed by atoms with Crippen molar-refractivity contribution in [3.8, 4) is 11.5 Å². The maximum absolute atomic E-state index is 12.5. The number of benzene rings is 1. The van der Waals surface area contributed by atoms with Crippen molar-refractivity contribution < 1.29 is 14.3 Å². The van der Waals surface area contributed by atoms with Gasteiger partial charge < -0.3 is 19.7 Å². The molecule has 1 aromatic carbocycles. The Morgan fingerprint density at radius 1 is 1.27 bits per heavy atom. The zero-order valence-electron chi connectivity index (χ0n) is 13.5. The molecule has 5 heteroatoms. The molecule has 0 aromatic heterocycles. The van der Waals surface area contributed by atoms with E-state index in [1.807, 2.05) is 36.1 Å². The summed E-state index contributed by atoms with van der Waals surface area (Å²) < 4.78 is 11.2. The van der Waals surface area contributed by atoms with Crippen molar-refractivity contribution in [2.75, 3.05) is 32.8 Å². The van der Waals surface area contributed by atoms with Crippen LogP contribution in [0.4, 0.5) is 0 Å². The summed E-state index contributed by atoms with van der Waals surface area (Å²) in [7, 11) is 0. The molecule has 1 aliphatic rings. The van der Waals surface area contributed by atoms with Gasteiger partial charge in [-0.3, -0.25) is 4.79 Å². The lowest BCUT2D eigenvalue weighted by Gasteiger charge is -2.28. The molecule has 0 aliphatic carbocycles. The van der Waals surface area contributed by atoms with Gasteiger partial charge >= 0.3 is 0 Å². The first kappa shape index (κ1) is 16.6. The maximum Gasteiger partial charge on any atom is 0.260 e. The standard InChI is InChI=1S/C17H26N2O3/c1-3-11-19(14-9-10-18-12-14)17(20)13-22-16-8-6-5-7-15(16)21-4-2/h5-8,14,18H,3-4,9-13H2,1-2H3. The van der Waals surface area contributed by atoms with E-state index < -0.39 is 0 Å². The van der Waals surface area contributed by atoms with Crippen LogP contribution in [0.2, 0.25) is 0 Å². The molecule has 122 valence electrons. The molecule has 0 bridgehead atoms. The first-order valence-corrected chi connectivity index (χ1v) is 8.11. The monoisotopic (exact) mass is 306 g/mol. The summed E-state index contributed by atoms with van der Waals surface area (Å²) in [5, 5.41) is 3.31. The second-order valence-electron chi connectivity index (χ2n) is 5.40. The number of nitrogens with one attached hydrogen (secondary N) is 1. The fourth-order valence-electron chi connectivity index (χ4n) is 2.72. The molecule has 1 fully saturated rings. The molecule has 1 heterocycles. The van der Waals surface area contributed by atoms with E-state index in [2.05, 4.69) is 12.2 Å². The van der Waals surface area contributed by atoms with E-state index in [1.165, 1.54) is 0 Å². The SMILES string of the molecule is CCCN(C(=O)COc1ccccc1OCC)C1CCNC1. The number of hydrogen-bond acceptors (Lipinski definition) is 4. The average Bonchev–Trinajstić information content (AvgIpc) is 3.06. The maximum atomic E-state index is 12.5. The minimum atomic E-state index is 0.0434. The molecule has 0 spiro atoms. The van der Waals surface area contributed by atoms with Crippen LogP contribution in [0, 0.1) is 0 Å². The van der Waals surface area contributed by atoms with E-state index in [-0.39, 0.29) is 18.6 Å². The Hall–Kier alpha value is -1.75. The van der Waals surface area contributed by atoms with Crippen LogP contribution in [0.5, 0.6) is 11.5 Å². The third-order valence-electron chi connectivity index (χ3n) is 3.76. The van der Waals surface area contributed by atoms with Gasteiger partial charge in [-0.05, 0) is 38.4 Å². The minimum absolute atomic E-state index is 0.0434. The fourth-order valence-corrected chi connectivity index (χ4v) is 2.72. The van der Waals surface area contributed by atoms with E-state index in [9.17, 15) is 4.79 Å². The number of carbonyl (C=O) groups is 1. The largest absolute Gasteiger partial charge is 0.490 e. The Kier molecular flexibility index (Phi) is 6.52. The zero-order chi connectivity index (χ0) is 15.8. The van der Waals surface area contributed by atoms with Crippen LogP contribution < -0.4 is 14.8 Å². The Bertz CT molecular complexity index is 473. The van der Waals surface area contributed by atoms with Gasteiger partial charge in [-0.2, -0.15) is 0 Å². The number of para-hydroxylation sites is 2. The van der Waals surface area contributed by atoms with E-state index in [0.717, 1.165) is 32.5 Å².